The molecule has 63 heavy (non-hydrogen) atoms. The van der Waals surface area contributed by atoms with E-state index in [1.807, 2.05) is 24.3 Å². The molecule has 0 saturated heterocycles. The second-order valence-corrected chi connectivity index (χ2v) is 18.0. The van der Waals surface area contributed by atoms with Gasteiger partial charge in [0.05, 0.1) is 18.8 Å². The van der Waals surface area contributed by atoms with Crippen LogP contribution in [0.3, 0.4) is 0 Å². The van der Waals surface area contributed by atoms with Crippen molar-refractivity contribution in [1.29, 1.82) is 0 Å². The predicted molar refractivity (Wildman–Crippen MR) is 242 cm³/mol. The molecule has 0 aromatic carbocycles. The first kappa shape index (κ1) is 58.7. The number of allylic oxidation sites excluding steroid dienone is 7. The lowest BCUT2D eigenvalue weighted by molar-refractivity contribution is -0.220. The van der Waals surface area contributed by atoms with Crippen LogP contribution in [0, 0.1) is 0 Å². The molecule has 1 aliphatic carbocycles. The highest BCUT2D eigenvalue weighted by molar-refractivity contribution is 7.47. The van der Waals surface area contributed by atoms with Crippen LogP contribution >= 0.6 is 7.82 Å². The van der Waals surface area contributed by atoms with Crippen LogP contribution in [0.15, 0.2) is 48.6 Å². The predicted octanol–water partition coefficient (Wildman–Crippen LogP) is 7.11. The van der Waals surface area contributed by atoms with Crippen LogP contribution in [-0.2, 0) is 32.7 Å². The third-order valence-corrected chi connectivity index (χ3v) is 11.8. The molecule has 1 saturated carbocycles. The van der Waals surface area contributed by atoms with E-state index < -0.39 is 87.9 Å². The normalized spacial score (nSPS) is 23.1. The minimum absolute atomic E-state index is 0.0142. The summed E-state index contributed by atoms with van der Waals surface area (Å²) in [5.74, 6) is -1.27. The van der Waals surface area contributed by atoms with Gasteiger partial charge in [-0.05, 0) is 70.6 Å². The minimum atomic E-state index is -5.17. The molecule has 366 valence electrons. The Morgan fingerprint density at radius 1 is 0.556 bits per heavy atom. The van der Waals surface area contributed by atoms with E-state index in [0.29, 0.717) is 44.9 Å². The van der Waals surface area contributed by atoms with Gasteiger partial charge in [-0.15, -0.1) is 0 Å². The first-order chi connectivity index (χ1) is 30.2. The van der Waals surface area contributed by atoms with Gasteiger partial charge in [-0.2, -0.15) is 0 Å². The maximum absolute atomic E-state index is 12.8. The van der Waals surface area contributed by atoms with E-state index in [4.69, 9.17) is 18.5 Å². The molecule has 0 aliphatic heterocycles. The maximum atomic E-state index is 12.8. The molecule has 15 nitrogen and oxygen atoms in total. The van der Waals surface area contributed by atoms with E-state index in [9.17, 15) is 54.8 Å². The van der Waals surface area contributed by atoms with Crippen molar-refractivity contribution in [3.05, 3.63) is 48.6 Å². The quantitative estimate of drug-likeness (QED) is 0.0133. The monoisotopic (exact) mass is 919 g/mol. The molecule has 16 heteroatoms. The van der Waals surface area contributed by atoms with Gasteiger partial charge < -0.3 is 50.1 Å². The highest BCUT2D eigenvalue weighted by atomic mass is 31.2. The van der Waals surface area contributed by atoms with E-state index in [1.165, 1.54) is 44.9 Å². The van der Waals surface area contributed by atoms with E-state index in [1.54, 1.807) is 0 Å². The zero-order chi connectivity index (χ0) is 46.7. The van der Waals surface area contributed by atoms with E-state index in [-0.39, 0.29) is 12.8 Å². The van der Waals surface area contributed by atoms with Crippen LogP contribution in [0.4, 0.5) is 0 Å². The Labute approximate surface area is 376 Å². The number of esters is 2. The van der Waals surface area contributed by atoms with Crippen LogP contribution in [0.2, 0.25) is 0 Å². The number of carbonyl (C=O) groups excluding carboxylic acids is 2. The second-order valence-electron chi connectivity index (χ2n) is 16.6. The Balaban J connectivity index is 2.55. The van der Waals surface area contributed by atoms with Gasteiger partial charge in [-0.25, -0.2) is 4.57 Å². The van der Waals surface area contributed by atoms with Crippen molar-refractivity contribution in [3.8, 4) is 0 Å². The maximum Gasteiger partial charge on any atom is 0.472 e. The fourth-order valence-electron chi connectivity index (χ4n) is 6.85. The number of hydrogen-bond acceptors (Lipinski definition) is 14. The van der Waals surface area contributed by atoms with Crippen LogP contribution in [0.25, 0.3) is 0 Å². The number of aliphatic hydroxyl groups excluding tert-OH is 7. The zero-order valence-corrected chi connectivity index (χ0v) is 39.0. The fraction of sp³-hybridized carbons (Fsp3) is 0.787. The molecular weight excluding hydrogens is 835 g/mol. The molecule has 8 N–H and O–H groups in total. The van der Waals surface area contributed by atoms with Crippen molar-refractivity contribution in [1.82, 2.24) is 0 Å². The molecule has 0 heterocycles. The summed E-state index contributed by atoms with van der Waals surface area (Å²) >= 11 is 0. The van der Waals surface area contributed by atoms with Gasteiger partial charge in [0.1, 0.15) is 43.2 Å². The smallest absolute Gasteiger partial charge is 0.462 e. The van der Waals surface area contributed by atoms with Crippen molar-refractivity contribution in [2.75, 3.05) is 13.2 Å². The molecule has 0 spiro atoms. The van der Waals surface area contributed by atoms with Crippen molar-refractivity contribution >= 4 is 19.8 Å². The van der Waals surface area contributed by atoms with Crippen molar-refractivity contribution < 1.29 is 73.3 Å². The first-order valence-electron chi connectivity index (χ1n) is 23.6. The molecule has 0 aromatic heterocycles. The van der Waals surface area contributed by atoms with Gasteiger partial charge in [0.15, 0.2) is 6.10 Å². The summed E-state index contributed by atoms with van der Waals surface area (Å²) in [6.07, 6.45) is 21.8. The minimum Gasteiger partial charge on any atom is -0.462 e. The average molecular weight is 919 g/mol. The molecule has 10 atom stereocenters. The Morgan fingerprint density at radius 3 is 1.67 bits per heavy atom. The molecule has 1 fully saturated rings. The Morgan fingerprint density at radius 2 is 1.03 bits per heavy atom. The lowest BCUT2D eigenvalue weighted by Gasteiger charge is -2.41. The molecule has 0 bridgehead atoms. The fourth-order valence-corrected chi connectivity index (χ4v) is 7.83. The third-order valence-electron chi connectivity index (χ3n) is 10.8. The van der Waals surface area contributed by atoms with E-state index in [0.717, 1.165) is 51.4 Å². The van der Waals surface area contributed by atoms with Crippen molar-refractivity contribution in [3.63, 3.8) is 0 Å². The highest BCUT2D eigenvalue weighted by Gasteiger charge is 2.51. The first-order valence-corrected chi connectivity index (χ1v) is 25.1. The van der Waals surface area contributed by atoms with Crippen molar-refractivity contribution in [2.24, 2.45) is 0 Å². The summed E-state index contributed by atoms with van der Waals surface area (Å²) in [6, 6.07) is 0. The highest BCUT2D eigenvalue weighted by Crippen LogP contribution is 2.47. The van der Waals surface area contributed by atoms with Crippen molar-refractivity contribution in [2.45, 2.75) is 223 Å². The topological polar surface area (TPSA) is 250 Å². The number of unbranched alkanes of at least 4 members (excludes halogenated alkanes) is 14. The number of phosphoric acid groups is 1. The largest absolute Gasteiger partial charge is 0.472 e. The van der Waals surface area contributed by atoms with Gasteiger partial charge in [-0.3, -0.25) is 18.6 Å². The summed E-state index contributed by atoms with van der Waals surface area (Å²) in [7, 11) is -5.17. The number of carbonyl (C=O) groups is 2. The lowest BCUT2D eigenvalue weighted by atomic mass is 9.85. The zero-order valence-electron chi connectivity index (χ0n) is 38.1. The van der Waals surface area contributed by atoms with E-state index in [2.05, 4.69) is 38.2 Å². The molecule has 3 unspecified atom stereocenters. The molecule has 1 rings (SSSR count). The summed E-state index contributed by atoms with van der Waals surface area (Å²) in [4.78, 5) is 35.7. The van der Waals surface area contributed by atoms with Gasteiger partial charge in [0.2, 0.25) is 0 Å². The number of ether oxygens (including phenoxy) is 2. The summed E-state index contributed by atoms with van der Waals surface area (Å²) in [6.45, 7) is 3.05. The Kier molecular flexibility index (Phi) is 34.4. The number of hydrogen-bond donors (Lipinski definition) is 8. The Bertz CT molecular complexity index is 1320. The molecule has 1 aliphatic rings. The SMILES string of the molecule is CCCCC/C=C\C[C@H](O)[C@@H](O)CCCCCCCC(=O)O[C@H](COC(=O)CCC/C=C\C/C=C\C/C=C\CCCCCCCC)COP(=O)(O)OC1[C@H](O)[C@H](O)C(O)[C@H](O)[C@H]1O. The number of aliphatic hydroxyl groups is 7. The van der Waals surface area contributed by atoms with Crippen LogP contribution < -0.4 is 0 Å². The third kappa shape index (κ3) is 29.1. The number of rotatable bonds is 38. The van der Waals surface area contributed by atoms with E-state index >= 15 is 0 Å². The van der Waals surface area contributed by atoms with Crippen LogP contribution in [-0.4, -0.2) is 121 Å². The summed E-state index contributed by atoms with van der Waals surface area (Å²) in [5, 5.41) is 70.6. The molecule has 0 radical (unpaired) electrons. The van der Waals surface area contributed by atoms with Crippen LogP contribution in [0.1, 0.15) is 168 Å². The lowest BCUT2D eigenvalue weighted by Crippen LogP contribution is -2.64. The molecular formula is C47H83O15P. The van der Waals surface area contributed by atoms with Gasteiger partial charge >= 0.3 is 19.8 Å². The molecule has 0 amide bonds. The second kappa shape index (κ2) is 36.9. The molecule has 0 aromatic rings. The van der Waals surface area contributed by atoms with Gasteiger partial charge in [0.25, 0.3) is 0 Å². The number of phosphoric ester groups is 1. The average Bonchev–Trinajstić information content (AvgIpc) is 3.26. The Hall–Kier alpha value is -2.27. The summed E-state index contributed by atoms with van der Waals surface area (Å²) < 4.78 is 33.4. The van der Waals surface area contributed by atoms with Gasteiger partial charge in [0, 0.05) is 12.8 Å². The van der Waals surface area contributed by atoms with Gasteiger partial charge in [-0.1, -0.05) is 133 Å². The summed E-state index contributed by atoms with van der Waals surface area (Å²) in [5.41, 5.74) is 0. The standard InChI is InChI=1S/C47H83O15P/c1-3-5-7-9-11-12-13-14-15-16-17-18-19-20-21-25-29-33-40(50)59-35-37(36-60-63(57,58)62-47-45(55)43(53)42(52)44(54)46(47)56)61-41(51)34-30-26-22-24-28-32-39(49)38(48)31-27-23-10-8-6-4-2/h14-15,17-18,20-21,23,27,37-39,42-49,52-56H,3-13,16,19,22,24-26,28-36H2,1-2H3,(H,57,58)/b15-14-,18-17-,21-20-,27-23-/t37-,38+,39+,42?,43-,44+,45-,46-,47?/m1/s1. The van der Waals surface area contributed by atoms with Crippen LogP contribution in [0.5, 0.6) is 0 Å².